The molecule has 0 spiro atoms. The van der Waals surface area contributed by atoms with Crippen molar-refractivity contribution in [2.24, 2.45) is 0 Å². The third-order valence-electron chi connectivity index (χ3n) is 2.53. The number of rotatable bonds is 1. The lowest BCUT2D eigenvalue weighted by Crippen LogP contribution is -2.20. The van der Waals surface area contributed by atoms with E-state index in [-0.39, 0.29) is 5.56 Å². The zero-order valence-electron chi connectivity index (χ0n) is 8.47. The number of aliphatic hydroxyl groups excluding tert-OH is 1. The quantitative estimate of drug-likeness (QED) is 0.774. The van der Waals surface area contributed by atoms with Gasteiger partial charge in [0.25, 0.3) is 0 Å². The van der Waals surface area contributed by atoms with Gasteiger partial charge in [0.05, 0.1) is 0 Å². The normalized spacial score (nSPS) is 14.3. The summed E-state index contributed by atoms with van der Waals surface area (Å²) in [5.74, 6) is 0. The minimum atomic E-state index is -4.64. The molecule has 0 aliphatic rings. The second-order valence-electron chi connectivity index (χ2n) is 3.65. The lowest BCUT2D eigenvalue weighted by Gasteiger charge is -2.14. The molecule has 1 aromatic heterocycles. The predicted molar refractivity (Wildman–Crippen MR) is 54.1 cm³/mol. The number of alkyl halides is 3. The fraction of sp³-hybridized carbons (Fsp3) is 0.273. The number of aromatic amines is 1. The van der Waals surface area contributed by atoms with Crippen LogP contribution in [0, 0.1) is 6.92 Å². The molecule has 0 bridgehead atoms. The Kier molecular flexibility index (Phi) is 2.42. The Labute approximate surface area is 89.7 Å². The number of nitrogens with one attached hydrogen (secondary N) is 1. The molecular formula is C11H10F3NO. The number of aromatic nitrogens is 1. The van der Waals surface area contributed by atoms with Crippen molar-refractivity contribution in [3.63, 3.8) is 0 Å². The molecule has 16 heavy (non-hydrogen) atoms. The molecule has 1 aromatic carbocycles. The van der Waals surface area contributed by atoms with Crippen LogP contribution in [0.4, 0.5) is 13.2 Å². The summed E-state index contributed by atoms with van der Waals surface area (Å²) in [6.45, 7) is 1.52. The molecular weight excluding hydrogens is 219 g/mol. The number of benzene rings is 1. The molecule has 1 heterocycles. The van der Waals surface area contributed by atoms with E-state index < -0.39 is 12.3 Å². The van der Waals surface area contributed by atoms with Crippen molar-refractivity contribution in [2.75, 3.05) is 0 Å². The highest BCUT2D eigenvalue weighted by Crippen LogP contribution is 2.37. The highest BCUT2D eigenvalue weighted by atomic mass is 19.4. The van der Waals surface area contributed by atoms with Crippen molar-refractivity contribution in [1.29, 1.82) is 0 Å². The van der Waals surface area contributed by atoms with Gasteiger partial charge in [-0.1, -0.05) is 18.2 Å². The van der Waals surface area contributed by atoms with Gasteiger partial charge in [-0.3, -0.25) is 0 Å². The molecule has 0 unspecified atom stereocenters. The maximum Gasteiger partial charge on any atom is 0.418 e. The Morgan fingerprint density at radius 3 is 2.50 bits per heavy atom. The maximum atomic E-state index is 12.5. The molecule has 2 N–H and O–H groups in total. The van der Waals surface area contributed by atoms with Crippen LogP contribution in [0.3, 0.4) is 0 Å². The number of hydrogen-bond donors (Lipinski definition) is 2. The molecule has 0 aliphatic carbocycles. The zero-order valence-corrected chi connectivity index (χ0v) is 8.47. The third-order valence-corrected chi connectivity index (χ3v) is 2.53. The Balaban J connectivity index is 2.64. The van der Waals surface area contributed by atoms with Gasteiger partial charge in [0, 0.05) is 22.2 Å². The average Bonchev–Trinajstić information content (AvgIpc) is 2.51. The number of H-pyrrole nitrogens is 1. The Hall–Kier alpha value is -1.49. The van der Waals surface area contributed by atoms with Gasteiger partial charge >= 0.3 is 6.18 Å². The van der Waals surface area contributed by atoms with Crippen LogP contribution < -0.4 is 0 Å². The monoisotopic (exact) mass is 229 g/mol. The van der Waals surface area contributed by atoms with Crippen molar-refractivity contribution in [3.05, 3.63) is 35.5 Å². The van der Waals surface area contributed by atoms with E-state index in [4.69, 9.17) is 0 Å². The van der Waals surface area contributed by atoms with E-state index in [2.05, 4.69) is 4.98 Å². The van der Waals surface area contributed by atoms with E-state index in [0.29, 0.717) is 16.6 Å². The highest BCUT2D eigenvalue weighted by molar-refractivity contribution is 5.85. The molecule has 2 aromatic rings. The van der Waals surface area contributed by atoms with Gasteiger partial charge in [-0.15, -0.1) is 0 Å². The van der Waals surface area contributed by atoms with E-state index >= 15 is 0 Å². The van der Waals surface area contributed by atoms with Crippen molar-refractivity contribution < 1.29 is 18.3 Å². The SMILES string of the molecule is Cc1[nH]c2ccccc2c1[C@@H](O)C(F)(F)F. The fourth-order valence-corrected chi connectivity index (χ4v) is 1.81. The van der Waals surface area contributed by atoms with Crippen LogP contribution in [0.25, 0.3) is 10.9 Å². The Morgan fingerprint density at radius 2 is 1.88 bits per heavy atom. The fourth-order valence-electron chi connectivity index (χ4n) is 1.81. The van der Waals surface area contributed by atoms with E-state index in [1.54, 1.807) is 24.3 Å². The van der Waals surface area contributed by atoms with E-state index in [9.17, 15) is 18.3 Å². The van der Waals surface area contributed by atoms with Crippen LogP contribution in [-0.4, -0.2) is 16.3 Å². The first-order chi connectivity index (χ1) is 7.41. The first-order valence-electron chi connectivity index (χ1n) is 4.73. The van der Waals surface area contributed by atoms with Gasteiger partial charge in [-0.05, 0) is 13.0 Å². The Morgan fingerprint density at radius 1 is 1.25 bits per heavy atom. The molecule has 5 heteroatoms. The minimum absolute atomic E-state index is 0.0944. The first kappa shape index (κ1) is 11.0. The second-order valence-corrected chi connectivity index (χ2v) is 3.65. The molecule has 0 aliphatic heterocycles. The van der Waals surface area contributed by atoms with Crippen LogP contribution in [0.2, 0.25) is 0 Å². The topological polar surface area (TPSA) is 36.0 Å². The summed E-state index contributed by atoms with van der Waals surface area (Å²) in [5, 5.41) is 9.69. The molecule has 0 radical (unpaired) electrons. The van der Waals surface area contributed by atoms with Gasteiger partial charge in [-0.25, -0.2) is 0 Å². The molecule has 0 fully saturated rings. The molecule has 0 saturated carbocycles. The minimum Gasteiger partial charge on any atom is -0.379 e. The number of para-hydroxylation sites is 1. The maximum absolute atomic E-state index is 12.5. The summed E-state index contributed by atoms with van der Waals surface area (Å²) in [4.78, 5) is 2.82. The van der Waals surface area contributed by atoms with Crippen molar-refractivity contribution >= 4 is 10.9 Å². The second kappa shape index (κ2) is 3.52. The van der Waals surface area contributed by atoms with Crippen molar-refractivity contribution in [1.82, 2.24) is 4.98 Å². The van der Waals surface area contributed by atoms with E-state index in [0.717, 1.165) is 0 Å². The molecule has 86 valence electrons. The number of halogens is 3. The number of aliphatic hydroxyl groups is 1. The lowest BCUT2D eigenvalue weighted by atomic mass is 10.1. The van der Waals surface area contributed by atoms with Crippen LogP contribution in [0.5, 0.6) is 0 Å². The summed E-state index contributed by atoms with van der Waals surface area (Å²) >= 11 is 0. The van der Waals surface area contributed by atoms with Crippen LogP contribution in [0.1, 0.15) is 17.4 Å². The summed E-state index contributed by atoms with van der Waals surface area (Å²) in [6.07, 6.45) is -7.08. The summed E-state index contributed by atoms with van der Waals surface area (Å²) in [7, 11) is 0. The largest absolute Gasteiger partial charge is 0.418 e. The van der Waals surface area contributed by atoms with Crippen LogP contribution in [-0.2, 0) is 0 Å². The van der Waals surface area contributed by atoms with Gasteiger partial charge in [0.1, 0.15) is 0 Å². The standard InChI is InChI=1S/C11H10F3NO/c1-6-9(10(16)11(12,13)14)7-4-2-3-5-8(7)15-6/h2-5,10,15-16H,1H3/t10-/m1/s1. The molecule has 1 atom stereocenters. The number of hydrogen-bond acceptors (Lipinski definition) is 1. The molecule has 0 saturated heterocycles. The smallest absolute Gasteiger partial charge is 0.379 e. The predicted octanol–water partition coefficient (Wildman–Crippen LogP) is 3.07. The summed E-state index contributed by atoms with van der Waals surface area (Å²) < 4.78 is 37.4. The summed E-state index contributed by atoms with van der Waals surface area (Å²) in [5.41, 5.74) is 0.840. The highest BCUT2D eigenvalue weighted by Gasteiger charge is 2.41. The number of aryl methyl sites for hydroxylation is 1. The Bertz CT molecular complexity index is 515. The van der Waals surface area contributed by atoms with E-state index in [1.807, 2.05) is 0 Å². The van der Waals surface area contributed by atoms with Gasteiger partial charge in [0.15, 0.2) is 6.10 Å². The number of fused-ring (bicyclic) bond motifs is 1. The third kappa shape index (κ3) is 1.67. The van der Waals surface area contributed by atoms with Crippen LogP contribution >= 0.6 is 0 Å². The first-order valence-corrected chi connectivity index (χ1v) is 4.73. The molecule has 0 amide bonds. The zero-order chi connectivity index (χ0) is 11.9. The average molecular weight is 229 g/mol. The van der Waals surface area contributed by atoms with Crippen LogP contribution in [0.15, 0.2) is 24.3 Å². The lowest BCUT2D eigenvalue weighted by molar-refractivity contribution is -0.206. The van der Waals surface area contributed by atoms with Gasteiger partial charge in [0.2, 0.25) is 0 Å². The molecule has 2 rings (SSSR count). The van der Waals surface area contributed by atoms with Gasteiger partial charge in [-0.2, -0.15) is 13.2 Å². The molecule has 2 nitrogen and oxygen atoms in total. The van der Waals surface area contributed by atoms with Crippen molar-refractivity contribution in [3.8, 4) is 0 Å². The van der Waals surface area contributed by atoms with Crippen molar-refractivity contribution in [2.45, 2.75) is 19.2 Å². The van der Waals surface area contributed by atoms with Gasteiger partial charge < -0.3 is 10.1 Å². The summed E-state index contributed by atoms with van der Waals surface area (Å²) in [6, 6.07) is 6.60. The van der Waals surface area contributed by atoms with E-state index in [1.165, 1.54) is 6.92 Å².